The Bertz CT molecular complexity index is 490. The van der Waals surface area contributed by atoms with Gasteiger partial charge in [-0.2, -0.15) is 0 Å². The zero-order valence-corrected chi connectivity index (χ0v) is 9.25. The molecule has 0 bridgehead atoms. The zero-order chi connectivity index (χ0) is 10.1. The summed E-state index contributed by atoms with van der Waals surface area (Å²) in [4.78, 5) is 11.2. The topological polar surface area (TPSA) is 47.5 Å². The molecule has 0 aromatic carbocycles. The van der Waals surface area contributed by atoms with Gasteiger partial charge in [0.1, 0.15) is 0 Å². The van der Waals surface area contributed by atoms with Crippen molar-refractivity contribution in [1.29, 1.82) is 0 Å². The van der Waals surface area contributed by atoms with Crippen LogP contribution in [0.15, 0.2) is 30.5 Å². The van der Waals surface area contributed by atoms with Crippen molar-refractivity contribution >= 4 is 23.8 Å². The van der Waals surface area contributed by atoms with Crippen LogP contribution in [0.1, 0.15) is 23.0 Å². The Morgan fingerprint density at radius 2 is 2.20 bits per heavy atom. The molecule has 2 aromatic rings. The van der Waals surface area contributed by atoms with Crippen LogP contribution >= 0.6 is 12.4 Å². The van der Waals surface area contributed by atoms with Crippen LogP contribution in [0.2, 0.25) is 0 Å². The van der Waals surface area contributed by atoms with Crippen LogP contribution in [-0.4, -0.2) is 10.3 Å². The van der Waals surface area contributed by atoms with E-state index in [2.05, 4.69) is 6.92 Å². The van der Waals surface area contributed by atoms with Crippen molar-refractivity contribution in [3.8, 4) is 0 Å². The van der Waals surface area contributed by atoms with Gasteiger partial charge >= 0.3 is 0 Å². The maximum absolute atomic E-state index is 11.2. The number of fused-ring (bicyclic) bond motifs is 1. The first-order valence-corrected chi connectivity index (χ1v) is 4.62. The number of rotatable bonds is 2. The van der Waals surface area contributed by atoms with E-state index in [0.717, 1.165) is 17.6 Å². The molecule has 0 spiro atoms. The van der Waals surface area contributed by atoms with Gasteiger partial charge < -0.3 is 10.1 Å². The second-order valence-electron chi connectivity index (χ2n) is 3.22. The third-order valence-electron chi connectivity index (χ3n) is 2.38. The van der Waals surface area contributed by atoms with E-state index in [0.29, 0.717) is 5.56 Å². The fourth-order valence-electron chi connectivity index (χ4n) is 1.69. The first kappa shape index (κ1) is 11.6. The van der Waals surface area contributed by atoms with Gasteiger partial charge in [0.05, 0.1) is 11.1 Å². The molecule has 2 aromatic heterocycles. The number of amides is 1. The van der Waals surface area contributed by atoms with Crippen LogP contribution in [0.5, 0.6) is 0 Å². The second kappa shape index (κ2) is 4.36. The minimum absolute atomic E-state index is 0. The van der Waals surface area contributed by atoms with E-state index < -0.39 is 0 Å². The van der Waals surface area contributed by atoms with E-state index in [9.17, 15) is 4.79 Å². The number of nitrogens with zero attached hydrogens (tertiary/aromatic N) is 1. The number of halogens is 1. The highest BCUT2D eigenvalue weighted by atomic mass is 35.5. The monoisotopic (exact) mass is 224 g/mol. The number of aryl methyl sites for hydroxylation is 1. The summed E-state index contributed by atoms with van der Waals surface area (Å²) in [7, 11) is 0. The number of aromatic nitrogens is 1. The normalized spacial score (nSPS) is 9.93. The third-order valence-corrected chi connectivity index (χ3v) is 2.38. The molecule has 2 N–H and O–H groups in total. The molecule has 0 aliphatic heterocycles. The van der Waals surface area contributed by atoms with Gasteiger partial charge in [0.15, 0.2) is 0 Å². The number of carbonyl (C=O) groups is 1. The standard InChI is InChI=1S/C11H12N2O.ClH/c1-2-8-7-9(11(12)14)10-5-3-4-6-13(8)10;/h3-7H,2H2,1H3,(H2,12,14);1H. The Kier molecular flexibility index (Phi) is 3.37. The lowest BCUT2D eigenvalue weighted by Gasteiger charge is -1.98. The van der Waals surface area contributed by atoms with E-state index in [4.69, 9.17) is 5.73 Å². The van der Waals surface area contributed by atoms with Crippen molar-refractivity contribution in [1.82, 2.24) is 4.40 Å². The highest BCUT2D eigenvalue weighted by molar-refractivity contribution is 6.00. The highest BCUT2D eigenvalue weighted by Gasteiger charge is 2.10. The average molecular weight is 225 g/mol. The lowest BCUT2D eigenvalue weighted by Crippen LogP contribution is -2.10. The molecule has 0 radical (unpaired) electrons. The summed E-state index contributed by atoms with van der Waals surface area (Å²) in [6.07, 6.45) is 2.83. The van der Waals surface area contributed by atoms with Crippen molar-refractivity contribution in [3.05, 3.63) is 41.7 Å². The third kappa shape index (κ3) is 1.83. The molecule has 0 aliphatic rings. The van der Waals surface area contributed by atoms with Gasteiger partial charge in [0.2, 0.25) is 0 Å². The minimum atomic E-state index is -0.367. The molecule has 3 nitrogen and oxygen atoms in total. The molecule has 2 heterocycles. The molecule has 0 unspecified atom stereocenters. The van der Waals surface area contributed by atoms with Gasteiger partial charge in [-0.05, 0) is 24.6 Å². The zero-order valence-electron chi connectivity index (χ0n) is 8.43. The second-order valence-corrected chi connectivity index (χ2v) is 3.22. The van der Waals surface area contributed by atoms with Crippen molar-refractivity contribution in [2.45, 2.75) is 13.3 Å². The van der Waals surface area contributed by atoms with Crippen molar-refractivity contribution in [2.75, 3.05) is 0 Å². The first-order valence-electron chi connectivity index (χ1n) is 4.62. The van der Waals surface area contributed by atoms with Crippen LogP contribution in [0.3, 0.4) is 0 Å². The highest BCUT2D eigenvalue weighted by Crippen LogP contribution is 2.16. The van der Waals surface area contributed by atoms with Crippen molar-refractivity contribution < 1.29 is 4.79 Å². The van der Waals surface area contributed by atoms with E-state index in [1.807, 2.05) is 34.9 Å². The molecule has 15 heavy (non-hydrogen) atoms. The Morgan fingerprint density at radius 1 is 1.47 bits per heavy atom. The van der Waals surface area contributed by atoms with Gasteiger partial charge in [0, 0.05) is 11.9 Å². The smallest absolute Gasteiger partial charge is 0.250 e. The van der Waals surface area contributed by atoms with E-state index in [-0.39, 0.29) is 18.3 Å². The molecule has 2 rings (SSSR count). The number of hydrogen-bond donors (Lipinski definition) is 1. The lowest BCUT2D eigenvalue weighted by atomic mass is 10.2. The average Bonchev–Trinajstić information content (AvgIpc) is 2.56. The molecule has 0 saturated carbocycles. The SMILES string of the molecule is CCc1cc(C(N)=O)c2ccccn12.Cl. The fourth-order valence-corrected chi connectivity index (χ4v) is 1.69. The molecule has 0 fully saturated rings. The first-order chi connectivity index (χ1) is 6.74. The number of carbonyl (C=O) groups excluding carboxylic acids is 1. The van der Waals surface area contributed by atoms with E-state index >= 15 is 0 Å². The Morgan fingerprint density at radius 3 is 2.80 bits per heavy atom. The van der Waals surface area contributed by atoms with Gasteiger partial charge in [-0.1, -0.05) is 13.0 Å². The summed E-state index contributed by atoms with van der Waals surface area (Å²) in [5.74, 6) is -0.367. The van der Waals surface area contributed by atoms with Crippen LogP contribution in [-0.2, 0) is 6.42 Å². The summed E-state index contributed by atoms with van der Waals surface area (Å²) in [6.45, 7) is 2.06. The molecule has 1 amide bonds. The summed E-state index contributed by atoms with van der Waals surface area (Å²) >= 11 is 0. The molecule has 0 saturated heterocycles. The predicted molar refractivity (Wildman–Crippen MR) is 62.5 cm³/mol. The van der Waals surface area contributed by atoms with Gasteiger partial charge in [-0.25, -0.2) is 0 Å². The van der Waals surface area contributed by atoms with Gasteiger partial charge in [0.25, 0.3) is 5.91 Å². The molecule has 80 valence electrons. The summed E-state index contributed by atoms with van der Waals surface area (Å²) < 4.78 is 2.00. The maximum atomic E-state index is 11.2. The molecular formula is C11H13ClN2O. The summed E-state index contributed by atoms with van der Waals surface area (Å²) in [5.41, 5.74) is 7.89. The summed E-state index contributed by atoms with van der Waals surface area (Å²) in [6, 6.07) is 7.61. The minimum Gasteiger partial charge on any atom is -0.366 e. The van der Waals surface area contributed by atoms with Crippen molar-refractivity contribution in [2.24, 2.45) is 5.73 Å². The number of pyridine rings is 1. The van der Waals surface area contributed by atoms with Gasteiger partial charge in [-0.15, -0.1) is 12.4 Å². The quantitative estimate of drug-likeness (QED) is 0.834. The predicted octanol–water partition coefficient (Wildman–Crippen LogP) is 2.02. The molecule has 4 heteroatoms. The summed E-state index contributed by atoms with van der Waals surface area (Å²) in [5, 5.41) is 0. The number of hydrogen-bond acceptors (Lipinski definition) is 1. The van der Waals surface area contributed by atoms with Crippen LogP contribution < -0.4 is 5.73 Å². The molecular weight excluding hydrogens is 212 g/mol. The number of primary amides is 1. The lowest BCUT2D eigenvalue weighted by molar-refractivity contribution is 0.100. The number of nitrogens with two attached hydrogens (primary N) is 1. The Hall–Kier alpha value is -1.48. The Labute approximate surface area is 94.3 Å². The van der Waals surface area contributed by atoms with Crippen LogP contribution in [0.25, 0.3) is 5.52 Å². The van der Waals surface area contributed by atoms with E-state index in [1.165, 1.54) is 0 Å². The molecule has 0 aliphatic carbocycles. The van der Waals surface area contributed by atoms with Gasteiger partial charge in [-0.3, -0.25) is 4.79 Å². The largest absolute Gasteiger partial charge is 0.366 e. The van der Waals surface area contributed by atoms with Crippen molar-refractivity contribution in [3.63, 3.8) is 0 Å². The fraction of sp³-hybridized carbons (Fsp3) is 0.182. The van der Waals surface area contributed by atoms with Crippen LogP contribution in [0.4, 0.5) is 0 Å². The van der Waals surface area contributed by atoms with Crippen LogP contribution in [0, 0.1) is 0 Å². The van der Waals surface area contributed by atoms with E-state index in [1.54, 1.807) is 0 Å². The maximum Gasteiger partial charge on any atom is 0.250 e. The molecule has 0 atom stereocenters. The Balaban J connectivity index is 0.00000112.